The van der Waals surface area contributed by atoms with Crippen LogP contribution in [0.2, 0.25) is 0 Å². The zero-order valence-corrected chi connectivity index (χ0v) is 10.0. The molecule has 0 saturated carbocycles. The van der Waals surface area contributed by atoms with E-state index in [-0.39, 0.29) is 5.97 Å². The van der Waals surface area contributed by atoms with E-state index in [0.29, 0.717) is 32.2 Å². The SMILES string of the molecule is CCOC(=O)CCCP(C)(=O)OCC. The Labute approximate surface area is 85.4 Å². The summed E-state index contributed by atoms with van der Waals surface area (Å²) in [5, 5.41) is 0. The quantitative estimate of drug-likeness (QED) is 0.489. The molecule has 1 atom stereocenters. The Kier molecular flexibility index (Phi) is 6.85. The van der Waals surface area contributed by atoms with Gasteiger partial charge < -0.3 is 9.26 Å². The molecular formula is C9H19O4P. The van der Waals surface area contributed by atoms with E-state index in [1.165, 1.54) is 0 Å². The first-order chi connectivity index (χ1) is 6.52. The molecule has 4 nitrogen and oxygen atoms in total. The summed E-state index contributed by atoms with van der Waals surface area (Å²) in [6, 6.07) is 0. The molecule has 0 aromatic carbocycles. The van der Waals surface area contributed by atoms with Crippen molar-refractivity contribution in [3.63, 3.8) is 0 Å². The first kappa shape index (κ1) is 13.7. The van der Waals surface area contributed by atoms with Crippen molar-refractivity contribution in [2.75, 3.05) is 26.0 Å². The molecule has 0 aromatic rings. The highest BCUT2D eigenvalue weighted by atomic mass is 31.2. The van der Waals surface area contributed by atoms with Crippen LogP contribution in [0.15, 0.2) is 0 Å². The van der Waals surface area contributed by atoms with Gasteiger partial charge >= 0.3 is 5.97 Å². The Bertz CT molecular complexity index is 215. The van der Waals surface area contributed by atoms with Crippen LogP contribution in [0.4, 0.5) is 0 Å². The van der Waals surface area contributed by atoms with Gasteiger partial charge in [0.15, 0.2) is 7.37 Å². The molecule has 0 N–H and O–H groups in total. The molecule has 0 spiro atoms. The molecule has 14 heavy (non-hydrogen) atoms. The molecule has 0 heterocycles. The highest BCUT2D eigenvalue weighted by Gasteiger charge is 2.15. The fraction of sp³-hybridized carbons (Fsp3) is 0.889. The van der Waals surface area contributed by atoms with Crippen molar-refractivity contribution in [1.82, 2.24) is 0 Å². The highest BCUT2D eigenvalue weighted by Crippen LogP contribution is 2.42. The number of esters is 1. The van der Waals surface area contributed by atoms with Crippen LogP contribution in [0, 0.1) is 0 Å². The minimum absolute atomic E-state index is 0.232. The molecule has 0 bridgehead atoms. The van der Waals surface area contributed by atoms with Crippen LogP contribution in [-0.4, -0.2) is 32.0 Å². The van der Waals surface area contributed by atoms with Gasteiger partial charge in [-0.3, -0.25) is 9.36 Å². The summed E-state index contributed by atoms with van der Waals surface area (Å²) < 4.78 is 21.4. The van der Waals surface area contributed by atoms with Crippen molar-refractivity contribution in [2.45, 2.75) is 26.7 Å². The monoisotopic (exact) mass is 222 g/mol. The molecule has 0 aliphatic heterocycles. The Hall–Kier alpha value is -0.340. The molecule has 84 valence electrons. The molecule has 0 radical (unpaired) electrons. The van der Waals surface area contributed by atoms with Crippen molar-refractivity contribution in [3.8, 4) is 0 Å². The Morgan fingerprint density at radius 3 is 2.43 bits per heavy atom. The standard InChI is InChI=1S/C9H19O4P/c1-4-12-9(10)7-6-8-14(3,11)13-5-2/h4-8H2,1-3H3. The fourth-order valence-corrected chi connectivity index (χ4v) is 2.49. The molecular weight excluding hydrogens is 203 g/mol. The number of carbonyl (C=O) groups is 1. The average molecular weight is 222 g/mol. The van der Waals surface area contributed by atoms with E-state index in [4.69, 9.17) is 9.26 Å². The van der Waals surface area contributed by atoms with Crippen molar-refractivity contribution < 1.29 is 18.6 Å². The Morgan fingerprint density at radius 1 is 1.29 bits per heavy atom. The van der Waals surface area contributed by atoms with Crippen LogP contribution in [0.3, 0.4) is 0 Å². The lowest BCUT2D eigenvalue weighted by atomic mass is 10.3. The minimum Gasteiger partial charge on any atom is -0.466 e. The molecule has 0 fully saturated rings. The van der Waals surface area contributed by atoms with Gasteiger partial charge in [-0.2, -0.15) is 0 Å². The lowest BCUT2D eigenvalue weighted by molar-refractivity contribution is -0.143. The highest BCUT2D eigenvalue weighted by molar-refractivity contribution is 7.58. The number of rotatable bonds is 7. The zero-order chi connectivity index (χ0) is 11.0. The lowest BCUT2D eigenvalue weighted by Crippen LogP contribution is -2.05. The summed E-state index contributed by atoms with van der Waals surface area (Å²) in [5.74, 6) is -0.232. The average Bonchev–Trinajstić information content (AvgIpc) is 2.03. The van der Waals surface area contributed by atoms with Gasteiger partial charge in [-0.15, -0.1) is 0 Å². The van der Waals surface area contributed by atoms with Crippen LogP contribution in [0.1, 0.15) is 26.7 Å². The normalized spacial score (nSPS) is 14.8. The van der Waals surface area contributed by atoms with Crippen LogP contribution in [-0.2, 0) is 18.6 Å². The van der Waals surface area contributed by atoms with E-state index >= 15 is 0 Å². The topological polar surface area (TPSA) is 52.6 Å². The van der Waals surface area contributed by atoms with Gasteiger partial charge in [-0.05, 0) is 20.3 Å². The predicted octanol–water partition coefficient (Wildman–Crippen LogP) is 2.27. The maximum Gasteiger partial charge on any atom is 0.305 e. The smallest absolute Gasteiger partial charge is 0.305 e. The Balaban J connectivity index is 3.62. The largest absolute Gasteiger partial charge is 0.466 e. The third kappa shape index (κ3) is 7.10. The van der Waals surface area contributed by atoms with Crippen LogP contribution in [0.5, 0.6) is 0 Å². The van der Waals surface area contributed by atoms with Gasteiger partial charge in [0.1, 0.15) is 0 Å². The van der Waals surface area contributed by atoms with Gasteiger partial charge in [0, 0.05) is 19.2 Å². The maximum atomic E-state index is 11.6. The molecule has 5 heteroatoms. The first-order valence-corrected chi connectivity index (χ1v) is 7.14. The summed E-state index contributed by atoms with van der Waals surface area (Å²) in [6.45, 7) is 6.02. The van der Waals surface area contributed by atoms with Crippen molar-refractivity contribution in [3.05, 3.63) is 0 Å². The van der Waals surface area contributed by atoms with Gasteiger partial charge in [0.2, 0.25) is 0 Å². The summed E-state index contributed by atoms with van der Waals surface area (Å²) >= 11 is 0. The summed E-state index contributed by atoms with van der Waals surface area (Å²) in [7, 11) is -2.48. The molecule has 0 aromatic heterocycles. The second kappa shape index (κ2) is 7.02. The number of ether oxygens (including phenoxy) is 1. The van der Waals surface area contributed by atoms with Crippen molar-refractivity contribution in [1.29, 1.82) is 0 Å². The minimum atomic E-state index is -2.48. The van der Waals surface area contributed by atoms with Crippen molar-refractivity contribution in [2.24, 2.45) is 0 Å². The van der Waals surface area contributed by atoms with Gasteiger partial charge in [0.25, 0.3) is 0 Å². The summed E-state index contributed by atoms with van der Waals surface area (Å²) in [5.41, 5.74) is 0. The third-order valence-corrected chi connectivity index (χ3v) is 3.59. The number of hydrogen-bond donors (Lipinski definition) is 0. The Morgan fingerprint density at radius 2 is 1.93 bits per heavy atom. The molecule has 0 rings (SSSR count). The van der Waals surface area contributed by atoms with E-state index in [1.54, 1.807) is 13.6 Å². The van der Waals surface area contributed by atoms with Gasteiger partial charge in [-0.1, -0.05) is 0 Å². The summed E-state index contributed by atoms with van der Waals surface area (Å²) in [4.78, 5) is 10.9. The third-order valence-electron chi connectivity index (χ3n) is 1.65. The fourth-order valence-electron chi connectivity index (χ4n) is 1.08. The molecule has 0 aliphatic rings. The van der Waals surface area contributed by atoms with Gasteiger partial charge in [0.05, 0.1) is 13.2 Å². The molecule has 0 saturated heterocycles. The molecule has 1 unspecified atom stereocenters. The molecule has 0 amide bonds. The van der Waals surface area contributed by atoms with E-state index in [9.17, 15) is 9.36 Å². The van der Waals surface area contributed by atoms with Gasteiger partial charge in [-0.25, -0.2) is 0 Å². The lowest BCUT2D eigenvalue weighted by Gasteiger charge is -2.11. The van der Waals surface area contributed by atoms with Crippen LogP contribution >= 0.6 is 7.37 Å². The zero-order valence-electron chi connectivity index (χ0n) is 9.12. The van der Waals surface area contributed by atoms with E-state index < -0.39 is 7.37 Å². The first-order valence-electron chi connectivity index (χ1n) is 4.88. The number of carbonyl (C=O) groups excluding carboxylic acids is 1. The van der Waals surface area contributed by atoms with Crippen molar-refractivity contribution >= 4 is 13.3 Å². The second-order valence-electron chi connectivity index (χ2n) is 3.06. The molecule has 0 aliphatic carbocycles. The van der Waals surface area contributed by atoms with E-state index in [0.717, 1.165) is 0 Å². The maximum absolute atomic E-state index is 11.6. The van der Waals surface area contributed by atoms with E-state index in [2.05, 4.69) is 0 Å². The predicted molar refractivity (Wildman–Crippen MR) is 55.9 cm³/mol. The summed E-state index contributed by atoms with van der Waals surface area (Å²) in [6.07, 6.45) is 1.32. The van der Waals surface area contributed by atoms with Crippen LogP contribution in [0.25, 0.3) is 0 Å². The number of hydrogen-bond acceptors (Lipinski definition) is 4. The van der Waals surface area contributed by atoms with E-state index in [1.807, 2.05) is 6.92 Å². The second-order valence-corrected chi connectivity index (χ2v) is 5.80. The van der Waals surface area contributed by atoms with Crippen LogP contribution < -0.4 is 0 Å².